The van der Waals surface area contributed by atoms with Crippen molar-refractivity contribution in [2.45, 2.75) is 18.9 Å². The second-order valence-electron chi connectivity index (χ2n) is 4.92. The summed E-state index contributed by atoms with van der Waals surface area (Å²) >= 11 is 1.57. The SMILES string of the molecule is NCC1CN(C(=O)Cc2cn3ccsc3n2)CCCO1. The molecule has 2 aromatic rings. The maximum Gasteiger partial charge on any atom is 0.228 e. The van der Waals surface area contributed by atoms with Crippen molar-refractivity contribution >= 4 is 22.2 Å². The van der Waals surface area contributed by atoms with Crippen LogP contribution >= 0.6 is 11.3 Å². The van der Waals surface area contributed by atoms with Gasteiger partial charge in [-0.2, -0.15) is 0 Å². The number of imidazole rings is 1. The van der Waals surface area contributed by atoms with Gasteiger partial charge in [0.1, 0.15) is 0 Å². The Morgan fingerprint density at radius 1 is 1.60 bits per heavy atom. The Morgan fingerprint density at radius 3 is 3.30 bits per heavy atom. The number of amides is 1. The van der Waals surface area contributed by atoms with Crippen molar-refractivity contribution < 1.29 is 9.53 Å². The Kier molecular flexibility index (Phi) is 4.00. The molecule has 0 saturated carbocycles. The Balaban J connectivity index is 1.66. The zero-order chi connectivity index (χ0) is 13.9. The highest BCUT2D eigenvalue weighted by Gasteiger charge is 2.22. The van der Waals surface area contributed by atoms with Gasteiger partial charge in [0, 0.05) is 44.0 Å². The second-order valence-corrected chi connectivity index (χ2v) is 5.80. The number of ether oxygens (including phenoxy) is 1. The van der Waals surface area contributed by atoms with Crippen molar-refractivity contribution in [3.05, 3.63) is 23.5 Å². The molecule has 2 N–H and O–H groups in total. The second kappa shape index (κ2) is 5.90. The molecule has 6 nitrogen and oxygen atoms in total. The summed E-state index contributed by atoms with van der Waals surface area (Å²) < 4.78 is 7.53. The number of hydrogen-bond acceptors (Lipinski definition) is 5. The van der Waals surface area contributed by atoms with Crippen LogP contribution in [0.1, 0.15) is 12.1 Å². The highest BCUT2D eigenvalue weighted by Crippen LogP contribution is 2.13. The number of nitrogens with zero attached hydrogens (tertiary/aromatic N) is 3. The Labute approximate surface area is 121 Å². The predicted octanol–water partition coefficient (Wildman–Crippen LogP) is 0.514. The molecule has 0 radical (unpaired) electrons. The number of rotatable bonds is 3. The van der Waals surface area contributed by atoms with Crippen LogP contribution < -0.4 is 5.73 Å². The third kappa shape index (κ3) is 2.84. The van der Waals surface area contributed by atoms with E-state index >= 15 is 0 Å². The fourth-order valence-corrected chi connectivity index (χ4v) is 3.11. The standard InChI is InChI=1S/C13H18N4O2S/c14-7-11-9-16(2-1-4-19-11)12(18)6-10-8-17-3-5-20-13(17)15-10/h3,5,8,11H,1-2,4,6-7,9,14H2. The van der Waals surface area contributed by atoms with E-state index in [-0.39, 0.29) is 12.0 Å². The van der Waals surface area contributed by atoms with E-state index in [0.717, 1.165) is 23.6 Å². The zero-order valence-electron chi connectivity index (χ0n) is 11.2. The molecular formula is C13H18N4O2S. The van der Waals surface area contributed by atoms with Gasteiger partial charge in [-0.3, -0.25) is 9.20 Å². The molecule has 3 rings (SSSR count). The van der Waals surface area contributed by atoms with Gasteiger partial charge in [0.2, 0.25) is 5.91 Å². The lowest BCUT2D eigenvalue weighted by Crippen LogP contribution is -2.40. The molecule has 2 aromatic heterocycles. The van der Waals surface area contributed by atoms with E-state index in [1.54, 1.807) is 11.3 Å². The maximum atomic E-state index is 12.4. The summed E-state index contributed by atoms with van der Waals surface area (Å²) in [7, 11) is 0. The number of nitrogens with two attached hydrogens (primary N) is 1. The molecule has 1 fully saturated rings. The largest absolute Gasteiger partial charge is 0.375 e. The Morgan fingerprint density at radius 2 is 2.50 bits per heavy atom. The third-order valence-electron chi connectivity index (χ3n) is 3.44. The molecule has 1 atom stereocenters. The van der Waals surface area contributed by atoms with E-state index in [1.807, 2.05) is 27.1 Å². The minimum Gasteiger partial charge on any atom is -0.375 e. The zero-order valence-corrected chi connectivity index (χ0v) is 12.0. The van der Waals surface area contributed by atoms with Gasteiger partial charge in [-0.15, -0.1) is 11.3 Å². The Hall–Kier alpha value is -1.44. The van der Waals surface area contributed by atoms with Crippen molar-refractivity contribution in [1.82, 2.24) is 14.3 Å². The van der Waals surface area contributed by atoms with Gasteiger partial charge in [0.25, 0.3) is 0 Å². The first kappa shape index (κ1) is 13.5. The predicted molar refractivity (Wildman–Crippen MR) is 76.8 cm³/mol. The first-order valence-electron chi connectivity index (χ1n) is 6.77. The average molecular weight is 294 g/mol. The molecular weight excluding hydrogens is 276 g/mol. The monoisotopic (exact) mass is 294 g/mol. The summed E-state index contributed by atoms with van der Waals surface area (Å²) in [6.45, 7) is 2.44. The first-order valence-corrected chi connectivity index (χ1v) is 7.65. The van der Waals surface area contributed by atoms with Gasteiger partial charge < -0.3 is 15.4 Å². The number of hydrogen-bond donors (Lipinski definition) is 1. The number of carbonyl (C=O) groups excluding carboxylic acids is 1. The van der Waals surface area contributed by atoms with Gasteiger partial charge in [0.15, 0.2) is 4.96 Å². The Bertz CT molecular complexity index is 565. The van der Waals surface area contributed by atoms with Gasteiger partial charge in [-0.1, -0.05) is 0 Å². The summed E-state index contributed by atoms with van der Waals surface area (Å²) in [6, 6.07) is 0. The molecule has 1 aliphatic rings. The fraction of sp³-hybridized carbons (Fsp3) is 0.538. The topological polar surface area (TPSA) is 72.9 Å². The van der Waals surface area contributed by atoms with Crippen LogP contribution in [0.2, 0.25) is 0 Å². The smallest absolute Gasteiger partial charge is 0.228 e. The average Bonchev–Trinajstić information content (AvgIpc) is 2.91. The van der Waals surface area contributed by atoms with Crippen LogP contribution in [0.15, 0.2) is 17.8 Å². The van der Waals surface area contributed by atoms with Crippen molar-refractivity contribution in [3.63, 3.8) is 0 Å². The molecule has 7 heteroatoms. The van der Waals surface area contributed by atoms with Gasteiger partial charge in [-0.05, 0) is 6.42 Å². The van der Waals surface area contributed by atoms with E-state index in [0.29, 0.717) is 26.1 Å². The summed E-state index contributed by atoms with van der Waals surface area (Å²) in [5.41, 5.74) is 6.46. The molecule has 0 aromatic carbocycles. The van der Waals surface area contributed by atoms with E-state index in [9.17, 15) is 4.79 Å². The molecule has 0 bridgehead atoms. The van der Waals surface area contributed by atoms with Crippen LogP contribution in [0.5, 0.6) is 0 Å². The molecule has 108 valence electrons. The highest BCUT2D eigenvalue weighted by atomic mass is 32.1. The van der Waals surface area contributed by atoms with E-state index in [1.165, 1.54) is 0 Å². The molecule has 20 heavy (non-hydrogen) atoms. The van der Waals surface area contributed by atoms with Crippen molar-refractivity contribution in [2.24, 2.45) is 5.73 Å². The van der Waals surface area contributed by atoms with Gasteiger partial charge in [-0.25, -0.2) is 4.98 Å². The number of thiazole rings is 1. The lowest BCUT2D eigenvalue weighted by Gasteiger charge is -2.22. The van der Waals surface area contributed by atoms with Gasteiger partial charge >= 0.3 is 0 Å². The van der Waals surface area contributed by atoms with Crippen molar-refractivity contribution in [2.75, 3.05) is 26.2 Å². The van der Waals surface area contributed by atoms with Crippen molar-refractivity contribution in [3.8, 4) is 0 Å². The molecule has 3 heterocycles. The molecule has 1 saturated heterocycles. The number of aromatic nitrogens is 2. The van der Waals surface area contributed by atoms with Crippen LogP contribution in [0.3, 0.4) is 0 Å². The van der Waals surface area contributed by atoms with Crippen LogP contribution in [0.25, 0.3) is 4.96 Å². The molecule has 1 unspecified atom stereocenters. The fourth-order valence-electron chi connectivity index (χ4n) is 2.39. The summed E-state index contributed by atoms with van der Waals surface area (Å²) in [5.74, 6) is 0.0969. The van der Waals surface area contributed by atoms with E-state index in [4.69, 9.17) is 10.5 Å². The highest BCUT2D eigenvalue weighted by molar-refractivity contribution is 7.15. The lowest BCUT2D eigenvalue weighted by atomic mass is 10.2. The lowest BCUT2D eigenvalue weighted by molar-refractivity contribution is -0.131. The summed E-state index contributed by atoms with van der Waals surface area (Å²) in [4.78, 5) is 19.6. The van der Waals surface area contributed by atoms with Crippen LogP contribution in [0, 0.1) is 0 Å². The minimum atomic E-state index is -0.0491. The van der Waals surface area contributed by atoms with E-state index < -0.39 is 0 Å². The van der Waals surface area contributed by atoms with Crippen LogP contribution in [-0.2, 0) is 16.0 Å². The molecule has 1 aliphatic heterocycles. The summed E-state index contributed by atoms with van der Waals surface area (Å²) in [6.07, 6.45) is 5.02. The van der Waals surface area contributed by atoms with Crippen molar-refractivity contribution in [1.29, 1.82) is 0 Å². The quantitative estimate of drug-likeness (QED) is 0.895. The normalized spacial score (nSPS) is 20.2. The third-order valence-corrected chi connectivity index (χ3v) is 4.21. The minimum absolute atomic E-state index is 0.0491. The maximum absolute atomic E-state index is 12.4. The first-order chi connectivity index (χ1) is 9.76. The number of carbonyl (C=O) groups is 1. The molecule has 0 spiro atoms. The van der Waals surface area contributed by atoms with Crippen LogP contribution in [0.4, 0.5) is 0 Å². The number of fused-ring (bicyclic) bond motifs is 1. The van der Waals surface area contributed by atoms with Gasteiger partial charge in [0.05, 0.1) is 18.2 Å². The molecule has 0 aliphatic carbocycles. The van der Waals surface area contributed by atoms with E-state index in [2.05, 4.69) is 4.98 Å². The summed E-state index contributed by atoms with van der Waals surface area (Å²) in [5, 5.41) is 1.98. The molecule has 1 amide bonds. The van der Waals surface area contributed by atoms with Crippen LogP contribution in [-0.4, -0.2) is 52.5 Å².